The van der Waals surface area contributed by atoms with E-state index in [1.54, 1.807) is 19.1 Å². The summed E-state index contributed by atoms with van der Waals surface area (Å²) in [5.41, 5.74) is 2.57. The first-order valence-corrected chi connectivity index (χ1v) is 10.8. The average molecular weight is 466 g/mol. The summed E-state index contributed by atoms with van der Waals surface area (Å²) in [5, 5.41) is 0. The second-order valence-electron chi connectivity index (χ2n) is 7.36. The van der Waals surface area contributed by atoms with Gasteiger partial charge in [0.05, 0.1) is 41.0 Å². The van der Waals surface area contributed by atoms with Crippen molar-refractivity contribution >= 4 is 28.4 Å². The van der Waals surface area contributed by atoms with Gasteiger partial charge in [-0.3, -0.25) is 24.1 Å². The Labute approximate surface area is 194 Å². The Bertz CT molecular complexity index is 1380. The number of nitrogens with zero attached hydrogens (tertiary/aromatic N) is 4. The van der Waals surface area contributed by atoms with E-state index in [9.17, 15) is 23.2 Å². The van der Waals surface area contributed by atoms with Gasteiger partial charge >= 0.3 is 0 Å². The minimum Gasteiger partial charge on any atom is -0.303 e. The molecule has 4 heterocycles. The molecule has 0 saturated heterocycles. The highest BCUT2D eigenvalue weighted by molar-refractivity contribution is 5.79. The van der Waals surface area contributed by atoms with Crippen LogP contribution in [-0.2, 0) is 30.7 Å². The zero-order valence-electron chi connectivity index (χ0n) is 18.9. The number of allylic oxidation sites excluding steroid dienone is 1. The Kier molecular flexibility index (Phi) is 7.78. The van der Waals surface area contributed by atoms with Crippen LogP contribution in [0.2, 0.25) is 0 Å². The van der Waals surface area contributed by atoms with Crippen LogP contribution in [-0.4, -0.2) is 25.4 Å². The number of carbonyl (C=O) groups is 1. The fourth-order valence-corrected chi connectivity index (χ4v) is 3.85. The fraction of sp³-hybridized carbons (Fsp3) is 0.240. The second-order valence-corrected chi connectivity index (χ2v) is 7.36. The Hall–Kier alpha value is -4.01. The molecule has 0 spiro atoms. The standard InChI is InChI=1S/C13H13FN2O.C12H11FN2O2/c1-3-7-16-12(17)6-5-11-13(16)9(4-2)10(14)8-15-11;1-2-8-9(13)7-14-10-3-4-11(17)15(5-6-16)12(8)10/h3,5-6,8H,1,4,7H2,2H3;3-4,6-7H,2,5H2,1H3. The van der Waals surface area contributed by atoms with Gasteiger partial charge in [-0.25, -0.2) is 8.78 Å². The molecule has 0 atom stereocenters. The van der Waals surface area contributed by atoms with Crippen molar-refractivity contribution in [1.29, 1.82) is 0 Å². The van der Waals surface area contributed by atoms with Crippen LogP contribution in [0, 0.1) is 11.6 Å². The number of hydrogen-bond donors (Lipinski definition) is 0. The zero-order valence-corrected chi connectivity index (χ0v) is 18.9. The Morgan fingerprint density at radius 3 is 1.65 bits per heavy atom. The van der Waals surface area contributed by atoms with E-state index in [0.29, 0.717) is 58.9 Å². The van der Waals surface area contributed by atoms with Crippen molar-refractivity contribution in [1.82, 2.24) is 19.1 Å². The largest absolute Gasteiger partial charge is 0.303 e. The van der Waals surface area contributed by atoms with Gasteiger partial charge in [0.2, 0.25) is 0 Å². The quantitative estimate of drug-likeness (QED) is 0.320. The van der Waals surface area contributed by atoms with E-state index in [2.05, 4.69) is 16.5 Å². The van der Waals surface area contributed by atoms with Gasteiger partial charge in [-0.15, -0.1) is 6.58 Å². The number of rotatable bonds is 6. The minimum absolute atomic E-state index is 0.0890. The summed E-state index contributed by atoms with van der Waals surface area (Å²) in [6, 6.07) is 5.93. The molecule has 4 aromatic rings. The number of aldehydes is 1. The molecular formula is C25H24F2N4O3. The lowest BCUT2D eigenvalue weighted by atomic mass is 10.1. The molecule has 9 heteroatoms. The second kappa shape index (κ2) is 10.7. The molecule has 0 saturated carbocycles. The van der Waals surface area contributed by atoms with Crippen molar-refractivity contribution in [2.24, 2.45) is 0 Å². The molecule has 0 bridgehead atoms. The molecule has 34 heavy (non-hydrogen) atoms. The van der Waals surface area contributed by atoms with Crippen LogP contribution in [0.15, 0.2) is 58.9 Å². The minimum atomic E-state index is -0.453. The van der Waals surface area contributed by atoms with Crippen LogP contribution in [0.1, 0.15) is 25.0 Å². The molecule has 0 fully saturated rings. The topological polar surface area (TPSA) is 86.8 Å². The highest BCUT2D eigenvalue weighted by atomic mass is 19.1. The predicted molar refractivity (Wildman–Crippen MR) is 127 cm³/mol. The van der Waals surface area contributed by atoms with Gasteiger partial charge < -0.3 is 9.36 Å². The average Bonchev–Trinajstić information content (AvgIpc) is 2.83. The van der Waals surface area contributed by atoms with Crippen LogP contribution in [0.25, 0.3) is 22.1 Å². The van der Waals surface area contributed by atoms with Gasteiger partial charge in [0, 0.05) is 29.8 Å². The van der Waals surface area contributed by atoms with E-state index in [4.69, 9.17) is 0 Å². The van der Waals surface area contributed by atoms with E-state index in [1.807, 2.05) is 6.92 Å². The van der Waals surface area contributed by atoms with Gasteiger partial charge in [0.25, 0.3) is 11.1 Å². The van der Waals surface area contributed by atoms with E-state index in [1.165, 1.54) is 33.5 Å². The first-order valence-electron chi connectivity index (χ1n) is 10.8. The molecule has 0 aliphatic heterocycles. The molecular weight excluding hydrogens is 442 g/mol. The summed E-state index contributed by atoms with van der Waals surface area (Å²) in [6.07, 6.45) is 5.52. The van der Waals surface area contributed by atoms with Crippen LogP contribution in [0.3, 0.4) is 0 Å². The number of halogens is 2. The summed E-state index contributed by atoms with van der Waals surface area (Å²) >= 11 is 0. The van der Waals surface area contributed by atoms with Crippen molar-refractivity contribution in [2.45, 2.75) is 39.8 Å². The Morgan fingerprint density at radius 1 is 0.824 bits per heavy atom. The molecule has 4 aromatic heterocycles. The third-order valence-electron chi connectivity index (χ3n) is 5.38. The van der Waals surface area contributed by atoms with E-state index in [0.717, 1.165) is 6.20 Å². The number of pyridine rings is 4. The molecule has 0 N–H and O–H groups in total. The van der Waals surface area contributed by atoms with E-state index < -0.39 is 5.82 Å². The van der Waals surface area contributed by atoms with Crippen molar-refractivity contribution in [3.63, 3.8) is 0 Å². The first kappa shape index (κ1) is 24.6. The Balaban J connectivity index is 0.000000191. The molecule has 7 nitrogen and oxygen atoms in total. The Morgan fingerprint density at radius 2 is 1.26 bits per heavy atom. The molecule has 0 aliphatic carbocycles. The lowest BCUT2D eigenvalue weighted by Crippen LogP contribution is -2.21. The van der Waals surface area contributed by atoms with Gasteiger partial charge in [0.1, 0.15) is 17.9 Å². The van der Waals surface area contributed by atoms with E-state index >= 15 is 0 Å². The maximum Gasteiger partial charge on any atom is 0.251 e. The van der Waals surface area contributed by atoms with Gasteiger partial charge in [-0.1, -0.05) is 19.9 Å². The molecule has 0 aromatic carbocycles. The first-order chi connectivity index (χ1) is 16.4. The van der Waals surface area contributed by atoms with Crippen LogP contribution in [0.4, 0.5) is 8.78 Å². The third-order valence-corrected chi connectivity index (χ3v) is 5.38. The van der Waals surface area contributed by atoms with Crippen LogP contribution in [0.5, 0.6) is 0 Å². The highest BCUT2D eigenvalue weighted by Gasteiger charge is 2.13. The van der Waals surface area contributed by atoms with Gasteiger partial charge in [-0.05, 0) is 25.0 Å². The monoisotopic (exact) mass is 466 g/mol. The number of aryl methyl sites for hydroxylation is 2. The van der Waals surface area contributed by atoms with Gasteiger partial charge in [-0.2, -0.15) is 0 Å². The lowest BCUT2D eigenvalue weighted by molar-refractivity contribution is -0.108. The van der Waals surface area contributed by atoms with Crippen molar-refractivity contribution < 1.29 is 13.6 Å². The fourth-order valence-electron chi connectivity index (χ4n) is 3.85. The normalized spacial score (nSPS) is 10.7. The molecule has 0 unspecified atom stereocenters. The van der Waals surface area contributed by atoms with Crippen LogP contribution >= 0.6 is 0 Å². The molecule has 0 aliphatic rings. The molecule has 0 radical (unpaired) electrons. The molecule has 4 rings (SSSR count). The van der Waals surface area contributed by atoms with Gasteiger partial charge in [0.15, 0.2) is 0 Å². The highest BCUT2D eigenvalue weighted by Crippen LogP contribution is 2.20. The van der Waals surface area contributed by atoms with E-state index in [-0.39, 0.29) is 23.5 Å². The summed E-state index contributed by atoms with van der Waals surface area (Å²) in [5.74, 6) is -0.825. The summed E-state index contributed by atoms with van der Waals surface area (Å²) in [6.45, 7) is 7.52. The van der Waals surface area contributed by atoms with Crippen molar-refractivity contribution in [2.75, 3.05) is 0 Å². The summed E-state index contributed by atoms with van der Waals surface area (Å²) in [4.78, 5) is 41.9. The maximum absolute atomic E-state index is 13.7. The summed E-state index contributed by atoms with van der Waals surface area (Å²) in [7, 11) is 0. The number of carbonyl (C=O) groups excluding carboxylic acids is 1. The number of hydrogen-bond acceptors (Lipinski definition) is 5. The smallest absolute Gasteiger partial charge is 0.251 e. The molecule has 176 valence electrons. The number of fused-ring (bicyclic) bond motifs is 2. The number of aromatic nitrogens is 4. The third kappa shape index (κ3) is 4.68. The maximum atomic E-state index is 13.7. The predicted octanol–water partition coefficient (Wildman–Crippen LogP) is 3.58. The summed E-state index contributed by atoms with van der Waals surface area (Å²) < 4.78 is 30.0. The molecule has 0 amide bonds. The van der Waals surface area contributed by atoms with Crippen LogP contribution < -0.4 is 11.1 Å². The lowest BCUT2D eigenvalue weighted by Gasteiger charge is -2.11. The SMILES string of the molecule is C=CCn1c(=O)ccc2ncc(F)c(CC)c21.CCc1c(F)cnc2ccc(=O)n(CC=O)c12. The van der Waals surface area contributed by atoms with Crippen molar-refractivity contribution in [3.05, 3.63) is 92.8 Å². The van der Waals surface area contributed by atoms with Crippen molar-refractivity contribution in [3.8, 4) is 0 Å². The zero-order chi connectivity index (χ0) is 24.8.